The third-order valence-corrected chi connectivity index (χ3v) is 2.48. The number of hydrogen-bond donors (Lipinski definition) is 0. The van der Waals surface area contributed by atoms with E-state index in [2.05, 4.69) is 0 Å². The van der Waals surface area contributed by atoms with Gasteiger partial charge in [-0.25, -0.2) is 19.6 Å². The first kappa shape index (κ1) is 18.9. The Kier molecular flexibility index (Phi) is 9.69. The zero-order valence-electron chi connectivity index (χ0n) is 12.4. The van der Waals surface area contributed by atoms with Gasteiger partial charge in [-0.3, -0.25) is 0 Å². The molecule has 116 valence electrons. The van der Waals surface area contributed by atoms with Gasteiger partial charge in [-0.15, -0.1) is 0 Å². The third-order valence-electron chi connectivity index (χ3n) is 1.23. The molecule has 0 spiro atoms. The van der Waals surface area contributed by atoms with E-state index in [0.29, 0.717) is 0 Å². The summed E-state index contributed by atoms with van der Waals surface area (Å²) in [5.74, 6) is 0. The first-order chi connectivity index (χ1) is 8.89. The Morgan fingerprint density at radius 1 is 0.684 bits per heavy atom. The summed E-state index contributed by atoms with van der Waals surface area (Å²) < 4.78 is 20.0. The van der Waals surface area contributed by atoms with E-state index in [4.69, 9.17) is 37.9 Å². The second-order valence-electron chi connectivity index (χ2n) is 4.25. The topological polar surface area (TPSA) is 73.8 Å². The molecule has 0 saturated carbocycles. The highest BCUT2D eigenvalue weighted by Gasteiger charge is 2.55. The molecule has 0 heterocycles. The van der Waals surface area contributed by atoms with E-state index in [0.717, 1.165) is 0 Å². The van der Waals surface area contributed by atoms with Crippen LogP contribution in [-0.4, -0.2) is 34.5 Å². The van der Waals surface area contributed by atoms with Gasteiger partial charge in [-0.2, -0.15) is 18.3 Å². The largest absolute Gasteiger partial charge is 0.792 e. The Bertz CT molecular complexity index is 198. The molecular weight excluding hydrogens is 276 g/mol. The molecule has 0 saturated heterocycles. The summed E-state index contributed by atoms with van der Waals surface area (Å²) in [6.45, 7) is 11.3. The Morgan fingerprint density at radius 2 is 1.05 bits per heavy atom. The van der Waals surface area contributed by atoms with Crippen molar-refractivity contribution in [1.82, 2.24) is 0 Å². The second-order valence-corrected chi connectivity index (χ2v) is 5.92. The van der Waals surface area contributed by atoms with E-state index in [9.17, 15) is 0 Å². The highest BCUT2D eigenvalue weighted by Crippen LogP contribution is 2.18. The summed E-state index contributed by atoms with van der Waals surface area (Å²) in [7, 11) is -3.86. The maximum Gasteiger partial charge on any atom is 0.792 e. The van der Waals surface area contributed by atoms with Crippen molar-refractivity contribution in [3.05, 3.63) is 0 Å². The van der Waals surface area contributed by atoms with Gasteiger partial charge in [-0.1, -0.05) is 0 Å². The molecule has 0 rings (SSSR count). The average molecular weight is 300 g/mol. The molecule has 19 heavy (non-hydrogen) atoms. The van der Waals surface area contributed by atoms with Gasteiger partial charge >= 0.3 is 9.05 Å². The predicted octanol–water partition coefficient (Wildman–Crippen LogP) is 2.07. The first-order valence-corrected chi connectivity index (χ1v) is 7.81. The van der Waals surface area contributed by atoms with E-state index >= 15 is 0 Å². The van der Waals surface area contributed by atoms with Crippen LogP contribution in [0.15, 0.2) is 0 Å². The second kappa shape index (κ2) is 9.75. The molecule has 0 aliphatic heterocycles. The minimum absolute atomic E-state index is 0.262. The van der Waals surface area contributed by atoms with Crippen molar-refractivity contribution in [3.63, 3.8) is 0 Å². The van der Waals surface area contributed by atoms with Crippen LogP contribution >= 0.6 is 0 Å². The van der Waals surface area contributed by atoms with Crippen molar-refractivity contribution in [1.29, 1.82) is 0 Å². The van der Waals surface area contributed by atoms with Gasteiger partial charge < -0.3 is 0 Å². The highest BCUT2D eigenvalue weighted by molar-refractivity contribution is 6.52. The lowest BCUT2D eigenvalue weighted by Gasteiger charge is -2.26. The zero-order chi connectivity index (χ0) is 14.8. The SMILES string of the molecule is CCOO[Si](OOCC)(OOCC)OOC(C)(C)C. The number of hydrogen-bond acceptors (Lipinski definition) is 8. The maximum atomic E-state index is 5.13. The lowest BCUT2D eigenvalue weighted by atomic mass is 10.2. The monoisotopic (exact) mass is 300 g/mol. The summed E-state index contributed by atoms with van der Waals surface area (Å²) in [6.07, 6.45) is 0. The lowest BCUT2D eigenvalue weighted by molar-refractivity contribution is -0.438. The van der Waals surface area contributed by atoms with Crippen LogP contribution in [0.2, 0.25) is 0 Å². The summed E-state index contributed by atoms with van der Waals surface area (Å²) >= 11 is 0. The fourth-order valence-electron chi connectivity index (χ4n) is 0.653. The third kappa shape index (κ3) is 9.43. The molecule has 0 bridgehead atoms. The van der Waals surface area contributed by atoms with Gasteiger partial charge in [0.05, 0.1) is 25.4 Å². The molecule has 0 atom stereocenters. The lowest BCUT2D eigenvalue weighted by Crippen LogP contribution is -2.50. The minimum Gasteiger partial charge on any atom is -0.242 e. The quantitative estimate of drug-likeness (QED) is 0.326. The van der Waals surface area contributed by atoms with Crippen molar-refractivity contribution in [3.8, 4) is 0 Å². The molecule has 0 unspecified atom stereocenters. The summed E-state index contributed by atoms with van der Waals surface area (Å²) in [5.41, 5.74) is -0.598. The zero-order valence-corrected chi connectivity index (χ0v) is 13.4. The van der Waals surface area contributed by atoms with Crippen LogP contribution in [0.3, 0.4) is 0 Å². The molecule has 0 N–H and O–H groups in total. The van der Waals surface area contributed by atoms with Gasteiger partial charge in [-0.05, 0) is 41.5 Å². The van der Waals surface area contributed by atoms with Crippen LogP contribution in [0.25, 0.3) is 0 Å². The molecule has 0 aromatic heterocycles. The highest BCUT2D eigenvalue weighted by atomic mass is 28.4. The summed E-state index contributed by atoms with van der Waals surface area (Å²) in [4.78, 5) is 19.5. The van der Waals surface area contributed by atoms with Crippen LogP contribution in [0.5, 0.6) is 0 Å². The van der Waals surface area contributed by atoms with Crippen LogP contribution in [0.4, 0.5) is 0 Å². The smallest absolute Gasteiger partial charge is 0.242 e. The molecule has 9 heteroatoms. The van der Waals surface area contributed by atoms with Crippen molar-refractivity contribution in [2.24, 2.45) is 0 Å². The van der Waals surface area contributed by atoms with Crippen molar-refractivity contribution < 1.29 is 37.9 Å². The van der Waals surface area contributed by atoms with Crippen molar-refractivity contribution in [2.75, 3.05) is 19.8 Å². The maximum absolute atomic E-state index is 5.13. The molecule has 0 aliphatic carbocycles. The standard InChI is InChI=1S/C10H24O8Si/c1-7-11-15-19(16-12-8-2,17-13-9-3)18-14-10(4,5)6/h7-9H2,1-6H3. The molecule has 0 radical (unpaired) electrons. The Labute approximate surface area is 115 Å². The van der Waals surface area contributed by atoms with Gasteiger partial charge in [0, 0.05) is 0 Å². The number of rotatable bonds is 11. The Balaban J connectivity index is 4.66. The predicted molar refractivity (Wildman–Crippen MR) is 65.8 cm³/mol. The first-order valence-electron chi connectivity index (χ1n) is 6.17. The van der Waals surface area contributed by atoms with Crippen molar-refractivity contribution in [2.45, 2.75) is 47.1 Å². The molecule has 0 aliphatic rings. The molecular formula is C10H24O8Si. The van der Waals surface area contributed by atoms with E-state index in [1.54, 1.807) is 41.5 Å². The van der Waals surface area contributed by atoms with Gasteiger partial charge in [0.2, 0.25) is 0 Å². The van der Waals surface area contributed by atoms with Crippen molar-refractivity contribution >= 4 is 9.05 Å². The van der Waals surface area contributed by atoms with E-state index in [-0.39, 0.29) is 19.8 Å². The minimum atomic E-state index is -3.86. The van der Waals surface area contributed by atoms with Crippen LogP contribution < -0.4 is 0 Å². The van der Waals surface area contributed by atoms with Crippen LogP contribution in [0, 0.1) is 0 Å². The molecule has 0 fully saturated rings. The van der Waals surface area contributed by atoms with E-state index in [1.807, 2.05) is 0 Å². The summed E-state index contributed by atoms with van der Waals surface area (Å²) in [5, 5.41) is 0. The van der Waals surface area contributed by atoms with Gasteiger partial charge in [0.15, 0.2) is 0 Å². The molecule has 8 nitrogen and oxygen atoms in total. The normalized spacial score (nSPS) is 12.9. The van der Waals surface area contributed by atoms with Gasteiger partial charge in [0.1, 0.15) is 0 Å². The fraction of sp³-hybridized carbons (Fsp3) is 1.00. The van der Waals surface area contributed by atoms with E-state index in [1.165, 1.54) is 0 Å². The van der Waals surface area contributed by atoms with Crippen LogP contribution in [-0.2, 0) is 37.9 Å². The van der Waals surface area contributed by atoms with Crippen LogP contribution in [0.1, 0.15) is 41.5 Å². The Hall–Kier alpha value is -0.103. The van der Waals surface area contributed by atoms with E-state index < -0.39 is 14.6 Å². The molecule has 0 aromatic rings. The summed E-state index contributed by atoms with van der Waals surface area (Å²) in [6, 6.07) is 0. The average Bonchev–Trinajstić information content (AvgIpc) is 2.36. The van der Waals surface area contributed by atoms with Gasteiger partial charge in [0.25, 0.3) is 0 Å². The fourth-order valence-corrected chi connectivity index (χ4v) is 1.96. The molecule has 0 amide bonds. The molecule has 0 aromatic carbocycles. The Morgan fingerprint density at radius 3 is 1.32 bits per heavy atom.